The number of anilines is 1. The van der Waals surface area contributed by atoms with Crippen LogP contribution in [0, 0.1) is 5.41 Å². The topological polar surface area (TPSA) is 76.4 Å². The number of aryl methyl sites for hydroxylation is 1. The number of thioether (sulfide) groups is 1. The number of ether oxygens (including phenoxy) is 1. The second-order valence-electron chi connectivity index (χ2n) is 11.3. The molecule has 1 amide bonds. The third-order valence-corrected chi connectivity index (χ3v) is 9.41. The van der Waals surface area contributed by atoms with E-state index in [0.717, 1.165) is 58.3 Å². The van der Waals surface area contributed by atoms with Gasteiger partial charge in [-0.15, -0.1) is 0 Å². The maximum absolute atomic E-state index is 12.9. The number of hydrogen-bond donors (Lipinski definition) is 0. The zero-order valence-electron chi connectivity index (χ0n) is 22.5. The standard InChI is InChI=1S/C28H33BrN6O2S/c1-27(2)12-17-7-8-18(29)11-21(17)28(27)13-22-20(16-37-28)24(32-26(31-22)38-5)34-9-6-10-35-23(15-34)19(14-30-35)25(36)33(3)4/h7-8,11,14H,6,9-10,12-13,15-16H2,1-5H3. The molecule has 200 valence electrons. The molecule has 2 aromatic heterocycles. The van der Waals surface area contributed by atoms with Crippen molar-refractivity contribution in [2.45, 2.75) is 63.6 Å². The van der Waals surface area contributed by atoms with Gasteiger partial charge in [-0.2, -0.15) is 5.10 Å². The first-order valence-corrected chi connectivity index (χ1v) is 15.0. The van der Waals surface area contributed by atoms with E-state index in [1.807, 2.05) is 10.9 Å². The summed E-state index contributed by atoms with van der Waals surface area (Å²) in [5, 5.41) is 5.31. The van der Waals surface area contributed by atoms with E-state index in [2.05, 4.69) is 58.0 Å². The quantitative estimate of drug-likeness (QED) is 0.317. The summed E-state index contributed by atoms with van der Waals surface area (Å²) in [5.41, 5.74) is 5.80. The largest absolute Gasteiger partial charge is 0.364 e. The summed E-state index contributed by atoms with van der Waals surface area (Å²) in [6.45, 7) is 7.23. The van der Waals surface area contributed by atoms with Gasteiger partial charge in [-0.1, -0.05) is 47.6 Å². The van der Waals surface area contributed by atoms with E-state index in [1.54, 1.807) is 37.0 Å². The van der Waals surface area contributed by atoms with Crippen LogP contribution in [0.15, 0.2) is 34.0 Å². The van der Waals surface area contributed by atoms with Gasteiger partial charge < -0.3 is 14.5 Å². The summed E-state index contributed by atoms with van der Waals surface area (Å²) in [6.07, 6.45) is 6.32. The van der Waals surface area contributed by atoms with Crippen LogP contribution >= 0.6 is 27.7 Å². The van der Waals surface area contributed by atoms with Crippen molar-refractivity contribution < 1.29 is 9.53 Å². The zero-order chi connectivity index (χ0) is 26.8. The summed E-state index contributed by atoms with van der Waals surface area (Å²) >= 11 is 5.26. The number of carbonyl (C=O) groups excluding carboxylic acids is 1. The van der Waals surface area contributed by atoms with Gasteiger partial charge in [-0.25, -0.2) is 9.97 Å². The number of carbonyl (C=O) groups is 1. The third kappa shape index (κ3) is 3.98. The summed E-state index contributed by atoms with van der Waals surface area (Å²) in [4.78, 5) is 26.9. The van der Waals surface area contributed by atoms with Gasteiger partial charge in [0.1, 0.15) is 11.4 Å². The molecule has 0 radical (unpaired) electrons. The van der Waals surface area contributed by atoms with Crippen LogP contribution in [0.5, 0.6) is 0 Å². The molecule has 3 aliphatic rings. The van der Waals surface area contributed by atoms with Crippen LogP contribution in [0.2, 0.25) is 0 Å². The normalized spacial score (nSPS) is 21.6. The van der Waals surface area contributed by atoms with E-state index in [9.17, 15) is 4.79 Å². The Labute approximate surface area is 236 Å². The van der Waals surface area contributed by atoms with Crippen molar-refractivity contribution >= 4 is 39.4 Å². The number of amides is 1. The fraction of sp³-hybridized carbons (Fsp3) is 0.500. The number of rotatable bonds is 3. The minimum absolute atomic E-state index is 0.0267. The highest BCUT2D eigenvalue weighted by molar-refractivity contribution is 9.10. The third-order valence-electron chi connectivity index (χ3n) is 8.37. The van der Waals surface area contributed by atoms with E-state index < -0.39 is 5.60 Å². The minimum atomic E-state index is -0.441. The van der Waals surface area contributed by atoms with Crippen molar-refractivity contribution in [2.24, 2.45) is 5.41 Å². The van der Waals surface area contributed by atoms with Gasteiger partial charge in [0.05, 0.1) is 36.3 Å². The molecule has 1 unspecified atom stereocenters. The second kappa shape index (κ2) is 9.34. The minimum Gasteiger partial charge on any atom is -0.364 e. The first-order chi connectivity index (χ1) is 18.1. The van der Waals surface area contributed by atoms with Crippen LogP contribution in [-0.4, -0.2) is 57.5 Å². The number of aromatic nitrogens is 4. The first-order valence-electron chi connectivity index (χ1n) is 13.0. The van der Waals surface area contributed by atoms with Crippen molar-refractivity contribution in [3.8, 4) is 0 Å². The predicted molar refractivity (Wildman–Crippen MR) is 152 cm³/mol. The van der Waals surface area contributed by atoms with Gasteiger partial charge in [0.15, 0.2) is 5.16 Å². The number of nitrogens with zero attached hydrogens (tertiary/aromatic N) is 6. The molecule has 4 heterocycles. The highest BCUT2D eigenvalue weighted by Crippen LogP contribution is 2.57. The summed E-state index contributed by atoms with van der Waals surface area (Å²) in [5.74, 6) is 0.888. The highest BCUT2D eigenvalue weighted by atomic mass is 79.9. The van der Waals surface area contributed by atoms with Gasteiger partial charge in [0, 0.05) is 49.1 Å². The summed E-state index contributed by atoms with van der Waals surface area (Å²) in [6, 6.07) is 6.57. The lowest BCUT2D eigenvalue weighted by Gasteiger charge is -2.45. The van der Waals surface area contributed by atoms with Crippen LogP contribution in [-0.2, 0) is 42.9 Å². The predicted octanol–water partition coefficient (Wildman–Crippen LogP) is 4.82. The maximum atomic E-state index is 12.9. The Bertz CT molecular complexity index is 1440. The molecule has 8 nitrogen and oxygen atoms in total. The summed E-state index contributed by atoms with van der Waals surface area (Å²) < 4.78 is 9.96. The van der Waals surface area contributed by atoms with E-state index in [4.69, 9.17) is 14.7 Å². The molecule has 1 aromatic carbocycles. The van der Waals surface area contributed by atoms with Gasteiger partial charge in [-0.05, 0) is 42.4 Å². The van der Waals surface area contributed by atoms with Crippen molar-refractivity contribution in [3.63, 3.8) is 0 Å². The highest BCUT2D eigenvalue weighted by Gasteiger charge is 2.55. The lowest BCUT2D eigenvalue weighted by Crippen LogP contribution is -2.46. The molecule has 0 saturated heterocycles. The number of hydrogen-bond acceptors (Lipinski definition) is 7. The molecule has 1 atom stereocenters. The molecular formula is C28H33BrN6O2S. The van der Waals surface area contributed by atoms with E-state index in [-0.39, 0.29) is 11.3 Å². The maximum Gasteiger partial charge on any atom is 0.256 e. The Morgan fingerprint density at radius 1 is 1.18 bits per heavy atom. The van der Waals surface area contributed by atoms with Gasteiger partial charge in [0.2, 0.25) is 0 Å². The average Bonchev–Trinajstić information content (AvgIpc) is 3.27. The van der Waals surface area contributed by atoms with Crippen molar-refractivity contribution in [1.82, 2.24) is 24.6 Å². The molecule has 3 aromatic rings. The Hall–Kier alpha value is -2.43. The molecule has 0 fully saturated rings. The average molecular weight is 598 g/mol. The zero-order valence-corrected chi connectivity index (χ0v) is 24.9. The lowest BCUT2D eigenvalue weighted by atomic mass is 9.71. The van der Waals surface area contributed by atoms with Crippen LogP contribution in [0.3, 0.4) is 0 Å². The van der Waals surface area contributed by atoms with Crippen molar-refractivity contribution in [3.05, 3.63) is 62.5 Å². The fourth-order valence-corrected chi connectivity index (χ4v) is 7.08. The number of halogens is 1. The van der Waals surface area contributed by atoms with Crippen LogP contribution in [0.25, 0.3) is 0 Å². The number of fused-ring (bicyclic) bond motifs is 4. The Morgan fingerprint density at radius 3 is 2.76 bits per heavy atom. The molecule has 1 aliphatic carbocycles. The molecular weight excluding hydrogens is 564 g/mol. The summed E-state index contributed by atoms with van der Waals surface area (Å²) in [7, 11) is 3.56. The van der Waals surface area contributed by atoms with Crippen LogP contribution in [0.1, 0.15) is 58.7 Å². The van der Waals surface area contributed by atoms with Crippen molar-refractivity contribution in [1.29, 1.82) is 0 Å². The molecule has 10 heteroatoms. The molecule has 0 saturated carbocycles. The molecule has 1 spiro atoms. The van der Waals surface area contributed by atoms with Crippen LogP contribution in [0.4, 0.5) is 5.82 Å². The van der Waals surface area contributed by atoms with Gasteiger partial charge >= 0.3 is 0 Å². The molecule has 2 aliphatic heterocycles. The van der Waals surface area contributed by atoms with Crippen molar-refractivity contribution in [2.75, 3.05) is 31.8 Å². The Morgan fingerprint density at radius 2 is 2.00 bits per heavy atom. The monoisotopic (exact) mass is 596 g/mol. The van der Waals surface area contributed by atoms with Gasteiger partial charge in [-0.3, -0.25) is 9.48 Å². The fourth-order valence-electron chi connectivity index (χ4n) is 6.34. The first kappa shape index (κ1) is 25.8. The smallest absolute Gasteiger partial charge is 0.256 e. The van der Waals surface area contributed by atoms with E-state index in [1.165, 1.54) is 11.1 Å². The van der Waals surface area contributed by atoms with Crippen LogP contribution < -0.4 is 4.90 Å². The molecule has 6 rings (SSSR count). The molecule has 0 bridgehead atoms. The Kier molecular flexibility index (Phi) is 6.35. The lowest BCUT2D eigenvalue weighted by molar-refractivity contribution is -0.139. The SMILES string of the molecule is CSc1nc2c(c(N3CCCn4ncc(C(=O)N(C)C)c4C3)n1)COC1(C2)c2cc(Br)ccc2CC1(C)C. The molecule has 38 heavy (non-hydrogen) atoms. The van der Waals surface area contributed by atoms with E-state index >= 15 is 0 Å². The Balaban J connectivity index is 1.42. The number of benzene rings is 1. The second-order valence-corrected chi connectivity index (χ2v) is 13.0. The molecule has 0 N–H and O–H groups in total. The van der Waals surface area contributed by atoms with E-state index in [0.29, 0.717) is 25.1 Å². The van der Waals surface area contributed by atoms with Gasteiger partial charge in [0.25, 0.3) is 5.91 Å².